The van der Waals surface area contributed by atoms with E-state index in [1.54, 1.807) is 0 Å². The minimum atomic E-state index is -0.989. The molecule has 1 aliphatic heterocycles. The second-order valence-corrected chi connectivity index (χ2v) is 3.87. The van der Waals surface area contributed by atoms with Crippen molar-refractivity contribution >= 4 is 11.8 Å². The Labute approximate surface area is 95.3 Å². The summed E-state index contributed by atoms with van der Waals surface area (Å²) in [6.07, 6.45) is 2.06. The van der Waals surface area contributed by atoms with Crippen LogP contribution in [0.3, 0.4) is 0 Å². The lowest BCUT2D eigenvalue weighted by Gasteiger charge is -2.32. The number of nitrogens with one attached hydrogen (secondary N) is 2. The summed E-state index contributed by atoms with van der Waals surface area (Å²) in [7, 11) is 0. The second kappa shape index (κ2) is 4.40. The molecule has 0 saturated carbocycles. The molecule has 0 spiro atoms. The molecule has 1 aromatic heterocycles. The van der Waals surface area contributed by atoms with Crippen LogP contribution in [-0.2, 0) is 4.79 Å². The number of anilines is 1. The number of nitrogens with zero attached hydrogens (tertiary/aromatic N) is 2. The van der Waals surface area contributed by atoms with Gasteiger partial charge in [-0.3, -0.25) is 9.78 Å². The number of aromatic nitrogens is 3. The van der Waals surface area contributed by atoms with E-state index < -0.39 is 23.3 Å². The molecule has 1 unspecified atom stereocenters. The van der Waals surface area contributed by atoms with Crippen LogP contribution < -0.4 is 16.1 Å². The summed E-state index contributed by atoms with van der Waals surface area (Å²) in [6, 6.07) is -0.761. The number of H-pyrrole nitrogens is 2. The number of rotatable bonds is 2. The molecule has 2 heterocycles. The zero-order valence-corrected chi connectivity index (χ0v) is 8.97. The lowest BCUT2D eigenvalue weighted by atomic mass is 10.0. The number of hydrogen-bond donors (Lipinski definition) is 3. The monoisotopic (exact) mass is 240 g/mol. The molecule has 0 aromatic carbocycles. The van der Waals surface area contributed by atoms with Gasteiger partial charge in [0.05, 0.1) is 0 Å². The van der Waals surface area contributed by atoms with Crippen molar-refractivity contribution in [1.82, 2.24) is 15.2 Å². The minimum absolute atomic E-state index is 0.0447. The molecule has 0 amide bonds. The smallest absolute Gasteiger partial charge is 0.342 e. The number of carboxylic acids is 1. The average Bonchev–Trinajstić information content (AvgIpc) is 2.29. The van der Waals surface area contributed by atoms with E-state index >= 15 is 0 Å². The Morgan fingerprint density at radius 1 is 1.41 bits per heavy atom. The van der Waals surface area contributed by atoms with Crippen molar-refractivity contribution in [3.63, 3.8) is 0 Å². The van der Waals surface area contributed by atoms with Crippen LogP contribution in [0.1, 0.15) is 19.3 Å². The van der Waals surface area contributed by atoms with Gasteiger partial charge < -0.3 is 10.0 Å². The lowest BCUT2D eigenvalue weighted by molar-refractivity contribution is -0.139. The van der Waals surface area contributed by atoms with Crippen molar-refractivity contribution in [1.29, 1.82) is 0 Å². The standard InChI is InChI=1S/C9H12N4O4/c14-7-6(11-12-9(17)10-7)13-4-2-1-3-5(13)8(15)16/h5H,1-4H2,(H,15,16)(H2,10,12,14,17). The van der Waals surface area contributed by atoms with Crippen LogP contribution in [0.15, 0.2) is 9.59 Å². The topological polar surface area (TPSA) is 119 Å². The predicted octanol–water partition coefficient (Wildman–Crippen LogP) is -1.10. The Bertz CT molecular complexity index is 534. The third-order valence-corrected chi connectivity index (χ3v) is 2.75. The van der Waals surface area contributed by atoms with E-state index in [4.69, 9.17) is 5.11 Å². The maximum absolute atomic E-state index is 11.5. The van der Waals surface area contributed by atoms with Crippen molar-refractivity contribution < 1.29 is 9.90 Å². The number of aromatic amines is 2. The molecule has 1 atom stereocenters. The highest BCUT2D eigenvalue weighted by Gasteiger charge is 2.31. The molecule has 0 aliphatic carbocycles. The quantitative estimate of drug-likeness (QED) is 0.603. The fourth-order valence-corrected chi connectivity index (χ4v) is 1.98. The Hall–Kier alpha value is -2.12. The van der Waals surface area contributed by atoms with Crippen LogP contribution in [0.2, 0.25) is 0 Å². The Kier molecular flexibility index (Phi) is 2.94. The van der Waals surface area contributed by atoms with Gasteiger partial charge in [-0.1, -0.05) is 0 Å². The van der Waals surface area contributed by atoms with Crippen molar-refractivity contribution in [2.45, 2.75) is 25.3 Å². The molecule has 2 rings (SSSR count). The van der Waals surface area contributed by atoms with Gasteiger partial charge >= 0.3 is 11.7 Å². The molecule has 3 N–H and O–H groups in total. The molecule has 0 bridgehead atoms. The van der Waals surface area contributed by atoms with Gasteiger partial charge in [-0.05, 0) is 19.3 Å². The van der Waals surface area contributed by atoms with Crippen molar-refractivity contribution in [3.05, 3.63) is 20.8 Å². The highest BCUT2D eigenvalue weighted by atomic mass is 16.4. The van der Waals surface area contributed by atoms with Gasteiger partial charge in [0.15, 0.2) is 0 Å². The van der Waals surface area contributed by atoms with Crippen LogP contribution in [0.5, 0.6) is 0 Å². The van der Waals surface area contributed by atoms with Crippen LogP contribution >= 0.6 is 0 Å². The SMILES string of the molecule is O=C(O)C1CCCCN1c1n[nH]c(=O)[nH]c1=O. The van der Waals surface area contributed by atoms with E-state index in [0.717, 1.165) is 12.8 Å². The molecule has 1 saturated heterocycles. The summed E-state index contributed by atoms with van der Waals surface area (Å²) in [4.78, 5) is 36.9. The normalized spacial score (nSPS) is 20.2. The largest absolute Gasteiger partial charge is 0.480 e. The molecule has 1 aromatic rings. The second-order valence-electron chi connectivity index (χ2n) is 3.87. The van der Waals surface area contributed by atoms with E-state index in [1.807, 2.05) is 4.98 Å². The molecule has 1 fully saturated rings. The number of hydrogen-bond acceptors (Lipinski definition) is 5. The highest BCUT2D eigenvalue weighted by molar-refractivity contribution is 5.77. The molecule has 17 heavy (non-hydrogen) atoms. The van der Waals surface area contributed by atoms with Gasteiger partial charge in [0.25, 0.3) is 5.56 Å². The summed E-state index contributed by atoms with van der Waals surface area (Å²) in [6.45, 7) is 0.444. The van der Waals surface area contributed by atoms with Crippen LogP contribution in [0.25, 0.3) is 0 Å². The summed E-state index contributed by atoms with van der Waals surface area (Å²) < 4.78 is 0. The van der Waals surface area contributed by atoms with Crippen LogP contribution in [0.4, 0.5) is 5.82 Å². The fraction of sp³-hybridized carbons (Fsp3) is 0.556. The first kappa shape index (κ1) is 11.4. The number of piperidine rings is 1. The minimum Gasteiger partial charge on any atom is -0.480 e. The number of carbonyl (C=O) groups is 1. The zero-order chi connectivity index (χ0) is 12.4. The maximum Gasteiger partial charge on any atom is 0.342 e. The van der Waals surface area contributed by atoms with Gasteiger partial charge in [-0.15, -0.1) is 5.10 Å². The van der Waals surface area contributed by atoms with Gasteiger partial charge in [0, 0.05) is 6.54 Å². The highest BCUT2D eigenvalue weighted by Crippen LogP contribution is 2.19. The summed E-state index contributed by atoms with van der Waals surface area (Å²) in [5.74, 6) is -1.03. The Morgan fingerprint density at radius 3 is 2.82 bits per heavy atom. The van der Waals surface area contributed by atoms with Crippen molar-refractivity contribution in [2.24, 2.45) is 0 Å². The number of carboxylic acid groups (broad SMARTS) is 1. The zero-order valence-electron chi connectivity index (χ0n) is 8.97. The Balaban J connectivity index is 2.39. The summed E-state index contributed by atoms with van der Waals surface area (Å²) >= 11 is 0. The maximum atomic E-state index is 11.5. The molecule has 0 radical (unpaired) electrons. The molecule has 8 heteroatoms. The fourth-order valence-electron chi connectivity index (χ4n) is 1.98. The molecular weight excluding hydrogens is 228 g/mol. The van der Waals surface area contributed by atoms with Gasteiger partial charge in [-0.25, -0.2) is 14.7 Å². The summed E-state index contributed by atoms with van der Waals surface area (Å²) in [5, 5.41) is 14.8. The molecule has 8 nitrogen and oxygen atoms in total. The summed E-state index contributed by atoms with van der Waals surface area (Å²) in [5.41, 5.74) is -1.37. The van der Waals surface area contributed by atoms with E-state index in [0.29, 0.717) is 13.0 Å². The number of aliphatic carboxylic acids is 1. The van der Waals surface area contributed by atoms with E-state index in [-0.39, 0.29) is 5.82 Å². The lowest BCUT2D eigenvalue weighted by Crippen LogP contribution is -2.48. The third kappa shape index (κ3) is 2.19. The van der Waals surface area contributed by atoms with E-state index in [2.05, 4.69) is 10.2 Å². The first-order valence-electron chi connectivity index (χ1n) is 5.28. The molecule has 1 aliphatic rings. The van der Waals surface area contributed by atoms with Gasteiger partial charge in [-0.2, -0.15) is 0 Å². The third-order valence-electron chi connectivity index (χ3n) is 2.75. The molecular formula is C9H12N4O4. The van der Waals surface area contributed by atoms with Crippen molar-refractivity contribution in [2.75, 3.05) is 11.4 Å². The van der Waals surface area contributed by atoms with Gasteiger partial charge in [0.1, 0.15) is 6.04 Å². The first-order chi connectivity index (χ1) is 8.09. The van der Waals surface area contributed by atoms with Crippen molar-refractivity contribution in [3.8, 4) is 0 Å². The van der Waals surface area contributed by atoms with E-state index in [9.17, 15) is 14.4 Å². The predicted molar refractivity (Wildman–Crippen MR) is 58.1 cm³/mol. The van der Waals surface area contributed by atoms with Crippen LogP contribution in [-0.4, -0.2) is 38.8 Å². The first-order valence-corrected chi connectivity index (χ1v) is 5.28. The molecule has 92 valence electrons. The Morgan fingerprint density at radius 2 is 2.18 bits per heavy atom. The van der Waals surface area contributed by atoms with Crippen LogP contribution in [0, 0.1) is 0 Å². The van der Waals surface area contributed by atoms with Gasteiger partial charge in [0.2, 0.25) is 5.82 Å². The average molecular weight is 240 g/mol. The van der Waals surface area contributed by atoms with E-state index in [1.165, 1.54) is 4.90 Å².